The lowest BCUT2D eigenvalue weighted by Gasteiger charge is -2.05. The number of hydrogen-bond donors (Lipinski definition) is 0. The van der Waals surface area contributed by atoms with Crippen LogP contribution in [0.5, 0.6) is 0 Å². The third kappa shape index (κ3) is 2.80. The summed E-state index contributed by atoms with van der Waals surface area (Å²) >= 11 is 0. The van der Waals surface area contributed by atoms with Crippen molar-refractivity contribution in [2.45, 2.75) is 20.4 Å². The lowest BCUT2D eigenvalue weighted by molar-refractivity contribution is 0.0526. The molecule has 0 saturated heterocycles. The molecule has 0 aliphatic rings. The lowest BCUT2D eigenvalue weighted by atomic mass is 10.2. The van der Waals surface area contributed by atoms with Crippen molar-refractivity contribution in [3.8, 4) is 0 Å². The van der Waals surface area contributed by atoms with Gasteiger partial charge in [0.05, 0.1) is 12.2 Å². The summed E-state index contributed by atoms with van der Waals surface area (Å²) in [7, 11) is 0. The van der Waals surface area contributed by atoms with Crippen molar-refractivity contribution in [1.82, 2.24) is 4.57 Å². The molecule has 0 N–H and O–H groups in total. The van der Waals surface area contributed by atoms with Gasteiger partial charge in [0.2, 0.25) is 0 Å². The van der Waals surface area contributed by atoms with Gasteiger partial charge in [0, 0.05) is 18.4 Å². The number of aryl methyl sites for hydroxylation is 1. The number of rotatable bonds is 4. The molecule has 3 heteroatoms. The van der Waals surface area contributed by atoms with Gasteiger partial charge in [-0.3, -0.25) is 0 Å². The fourth-order valence-corrected chi connectivity index (χ4v) is 1.89. The Hall–Kier alpha value is -2.03. The third-order valence-corrected chi connectivity index (χ3v) is 2.82. The summed E-state index contributed by atoms with van der Waals surface area (Å²) < 4.78 is 7.05. The largest absolute Gasteiger partial charge is 0.462 e. The average Bonchev–Trinajstić information content (AvgIpc) is 2.73. The first-order valence-corrected chi connectivity index (χ1v) is 6.08. The van der Waals surface area contributed by atoms with Gasteiger partial charge in [-0.2, -0.15) is 0 Å². The van der Waals surface area contributed by atoms with Crippen LogP contribution in [-0.4, -0.2) is 17.1 Å². The molecule has 0 atom stereocenters. The quantitative estimate of drug-likeness (QED) is 0.773. The van der Waals surface area contributed by atoms with Crippen molar-refractivity contribution in [1.29, 1.82) is 0 Å². The maximum absolute atomic E-state index is 11.6. The zero-order valence-electron chi connectivity index (χ0n) is 10.7. The zero-order chi connectivity index (χ0) is 13.0. The summed E-state index contributed by atoms with van der Waals surface area (Å²) in [6.45, 7) is 4.98. The van der Waals surface area contributed by atoms with Crippen molar-refractivity contribution in [2.24, 2.45) is 0 Å². The van der Waals surface area contributed by atoms with Crippen LogP contribution >= 0.6 is 0 Å². The van der Waals surface area contributed by atoms with E-state index >= 15 is 0 Å². The molecule has 2 rings (SSSR count). The van der Waals surface area contributed by atoms with Crippen molar-refractivity contribution in [2.75, 3.05) is 6.61 Å². The highest BCUT2D eigenvalue weighted by molar-refractivity contribution is 5.89. The minimum Gasteiger partial charge on any atom is -0.462 e. The second-order valence-electron chi connectivity index (χ2n) is 4.20. The van der Waals surface area contributed by atoms with Crippen molar-refractivity contribution >= 4 is 5.97 Å². The van der Waals surface area contributed by atoms with Crippen LogP contribution in [0.25, 0.3) is 0 Å². The minimum absolute atomic E-state index is 0.257. The number of benzene rings is 1. The molecule has 0 amide bonds. The summed E-state index contributed by atoms with van der Waals surface area (Å²) in [6.07, 6.45) is 1.85. The van der Waals surface area contributed by atoms with E-state index < -0.39 is 0 Å². The molecule has 0 spiro atoms. The normalized spacial score (nSPS) is 10.3. The second kappa shape index (κ2) is 5.54. The Morgan fingerprint density at radius 1 is 1.28 bits per heavy atom. The molecule has 0 aliphatic carbocycles. The Kier molecular flexibility index (Phi) is 3.82. The Labute approximate surface area is 107 Å². The first-order chi connectivity index (χ1) is 8.70. The Balaban J connectivity index is 2.17. The van der Waals surface area contributed by atoms with E-state index in [0.717, 1.165) is 12.2 Å². The van der Waals surface area contributed by atoms with Gasteiger partial charge in [-0.1, -0.05) is 30.3 Å². The van der Waals surface area contributed by atoms with Crippen LogP contribution in [0.4, 0.5) is 0 Å². The predicted octanol–water partition coefficient (Wildman–Crippen LogP) is 3.02. The van der Waals surface area contributed by atoms with Gasteiger partial charge in [-0.25, -0.2) is 4.79 Å². The van der Waals surface area contributed by atoms with Crippen LogP contribution in [0.3, 0.4) is 0 Å². The number of carbonyl (C=O) groups excluding carboxylic acids is 1. The van der Waals surface area contributed by atoms with Crippen molar-refractivity contribution < 1.29 is 9.53 Å². The molecule has 0 saturated carbocycles. The van der Waals surface area contributed by atoms with E-state index in [1.54, 1.807) is 0 Å². The van der Waals surface area contributed by atoms with Gasteiger partial charge >= 0.3 is 5.97 Å². The van der Waals surface area contributed by atoms with E-state index in [0.29, 0.717) is 12.2 Å². The molecule has 0 aliphatic heterocycles. The fourth-order valence-electron chi connectivity index (χ4n) is 1.89. The molecule has 0 fully saturated rings. The topological polar surface area (TPSA) is 31.2 Å². The number of ether oxygens (including phenoxy) is 1. The molecule has 2 aromatic rings. The van der Waals surface area contributed by atoms with Crippen LogP contribution in [0, 0.1) is 6.92 Å². The first-order valence-electron chi connectivity index (χ1n) is 6.08. The molecule has 0 radical (unpaired) electrons. The monoisotopic (exact) mass is 243 g/mol. The van der Waals surface area contributed by atoms with Gasteiger partial charge in [0.25, 0.3) is 0 Å². The SMILES string of the molecule is CCOC(=O)c1cc(C)n(Cc2ccccc2)c1. The number of esters is 1. The van der Waals surface area contributed by atoms with Crippen LogP contribution in [0.1, 0.15) is 28.5 Å². The number of aromatic nitrogens is 1. The Bertz CT molecular complexity index is 529. The molecule has 0 bridgehead atoms. The number of carbonyl (C=O) groups is 1. The summed E-state index contributed by atoms with van der Waals surface area (Å²) in [4.78, 5) is 11.6. The summed E-state index contributed by atoms with van der Waals surface area (Å²) in [5, 5.41) is 0. The maximum atomic E-state index is 11.6. The Morgan fingerprint density at radius 3 is 2.67 bits per heavy atom. The van der Waals surface area contributed by atoms with E-state index in [4.69, 9.17) is 4.74 Å². The van der Waals surface area contributed by atoms with Crippen molar-refractivity contribution in [3.05, 3.63) is 59.4 Å². The highest BCUT2D eigenvalue weighted by atomic mass is 16.5. The number of nitrogens with zero attached hydrogens (tertiary/aromatic N) is 1. The molecule has 18 heavy (non-hydrogen) atoms. The number of hydrogen-bond acceptors (Lipinski definition) is 2. The predicted molar refractivity (Wildman–Crippen MR) is 70.7 cm³/mol. The van der Waals surface area contributed by atoms with Gasteiger partial charge in [-0.15, -0.1) is 0 Å². The van der Waals surface area contributed by atoms with Crippen LogP contribution < -0.4 is 0 Å². The average molecular weight is 243 g/mol. The highest BCUT2D eigenvalue weighted by Crippen LogP contribution is 2.12. The first kappa shape index (κ1) is 12.4. The molecule has 3 nitrogen and oxygen atoms in total. The Morgan fingerprint density at radius 2 is 2.00 bits per heavy atom. The summed E-state index contributed by atoms with van der Waals surface area (Å²) in [6, 6.07) is 12.0. The second-order valence-corrected chi connectivity index (χ2v) is 4.20. The molecule has 1 aromatic heterocycles. The smallest absolute Gasteiger partial charge is 0.339 e. The lowest BCUT2D eigenvalue weighted by Crippen LogP contribution is -2.03. The van der Waals surface area contributed by atoms with Crippen molar-refractivity contribution in [3.63, 3.8) is 0 Å². The van der Waals surface area contributed by atoms with Gasteiger partial charge in [0.1, 0.15) is 0 Å². The molecule has 94 valence electrons. The summed E-state index contributed by atoms with van der Waals surface area (Å²) in [5.41, 5.74) is 2.89. The van der Waals surface area contributed by atoms with E-state index in [9.17, 15) is 4.79 Å². The van der Waals surface area contributed by atoms with Crippen LogP contribution in [0.15, 0.2) is 42.6 Å². The van der Waals surface area contributed by atoms with E-state index in [-0.39, 0.29) is 5.97 Å². The van der Waals surface area contributed by atoms with Gasteiger partial charge in [-0.05, 0) is 25.5 Å². The van der Waals surface area contributed by atoms with Crippen LogP contribution in [-0.2, 0) is 11.3 Å². The molecular formula is C15H17NO2. The maximum Gasteiger partial charge on any atom is 0.339 e. The van der Waals surface area contributed by atoms with E-state index in [1.165, 1.54) is 5.56 Å². The summed E-state index contributed by atoms with van der Waals surface area (Å²) in [5.74, 6) is -0.257. The molecule has 1 heterocycles. The molecule has 1 aromatic carbocycles. The third-order valence-electron chi connectivity index (χ3n) is 2.82. The fraction of sp³-hybridized carbons (Fsp3) is 0.267. The van der Waals surface area contributed by atoms with E-state index in [1.807, 2.05) is 44.3 Å². The van der Waals surface area contributed by atoms with Gasteiger partial charge in [0.15, 0.2) is 0 Å². The standard InChI is InChI=1S/C15H17NO2/c1-3-18-15(17)14-9-12(2)16(11-14)10-13-7-5-4-6-8-13/h4-9,11H,3,10H2,1-2H3. The van der Waals surface area contributed by atoms with E-state index in [2.05, 4.69) is 16.7 Å². The zero-order valence-corrected chi connectivity index (χ0v) is 10.7. The van der Waals surface area contributed by atoms with Gasteiger partial charge < -0.3 is 9.30 Å². The van der Waals surface area contributed by atoms with Crippen LogP contribution in [0.2, 0.25) is 0 Å². The molecule has 0 unspecified atom stereocenters. The highest BCUT2D eigenvalue weighted by Gasteiger charge is 2.10. The minimum atomic E-state index is -0.257. The molecular weight excluding hydrogens is 226 g/mol.